The van der Waals surface area contributed by atoms with Crippen molar-refractivity contribution in [2.24, 2.45) is 41.4 Å². The van der Waals surface area contributed by atoms with Crippen molar-refractivity contribution in [3.8, 4) is 0 Å². The summed E-state index contributed by atoms with van der Waals surface area (Å²) in [5.74, 6) is -7.67. The van der Waals surface area contributed by atoms with E-state index in [-0.39, 0.29) is 80.0 Å². The van der Waals surface area contributed by atoms with Gasteiger partial charge in [-0.1, -0.05) is 83.6 Å². The van der Waals surface area contributed by atoms with Gasteiger partial charge in [0, 0.05) is 44.9 Å². The van der Waals surface area contributed by atoms with Crippen LogP contribution in [0, 0.1) is 41.4 Å². The lowest BCUT2D eigenvalue weighted by Gasteiger charge is -2.42. The Bertz CT molecular complexity index is 1790. The van der Waals surface area contributed by atoms with Crippen molar-refractivity contribution in [1.82, 2.24) is 4.90 Å². The van der Waals surface area contributed by atoms with Gasteiger partial charge in [-0.15, -0.1) is 0 Å². The molecule has 3 N–H and O–H groups in total. The molecule has 1 saturated carbocycles. The highest BCUT2D eigenvalue weighted by molar-refractivity contribution is 6.39. The summed E-state index contributed by atoms with van der Waals surface area (Å²) < 4.78 is 29.7. The average molecular weight is 942 g/mol. The van der Waals surface area contributed by atoms with Crippen LogP contribution in [0.5, 0.6) is 0 Å². The molecule has 3 heterocycles. The molecule has 14 heteroatoms. The molecule has 0 aromatic heterocycles. The maximum absolute atomic E-state index is 14.4. The zero-order chi connectivity index (χ0) is 49.6. The number of carbonyl (C=O) groups excluding carboxylic acids is 5. The first kappa shape index (κ1) is 56.2. The molecule has 3 fully saturated rings. The number of hydrogen-bond acceptors (Lipinski definition) is 13. The number of aliphatic hydroxyl groups is 3. The minimum atomic E-state index is -2.38. The number of Topliss-reactive ketones (excluding diaryl/α,β-unsaturated/α-hetero) is 3. The number of ketones is 3. The lowest BCUT2D eigenvalue weighted by atomic mass is 9.78. The maximum atomic E-state index is 14.4. The summed E-state index contributed by atoms with van der Waals surface area (Å²) in [6.45, 7) is 15.1. The van der Waals surface area contributed by atoms with E-state index in [9.17, 15) is 39.3 Å². The number of esters is 1. The Morgan fingerprint density at radius 1 is 0.851 bits per heavy atom. The van der Waals surface area contributed by atoms with Gasteiger partial charge in [0.25, 0.3) is 11.7 Å². The number of nitrogens with zero attached hydrogens (tertiary/aromatic N) is 1. The summed E-state index contributed by atoms with van der Waals surface area (Å²) in [6.07, 6.45) is 13.3. The summed E-state index contributed by atoms with van der Waals surface area (Å²) in [6, 6.07) is -1.12. The van der Waals surface area contributed by atoms with Gasteiger partial charge in [0.05, 0.1) is 31.5 Å². The van der Waals surface area contributed by atoms with Gasteiger partial charge in [-0.2, -0.15) is 0 Å². The zero-order valence-electron chi connectivity index (χ0n) is 42.0. The van der Waals surface area contributed by atoms with E-state index in [1.165, 1.54) is 12.0 Å². The fraction of sp³-hybridized carbons (Fsp3) is 0.755. The SMILES string of the molecule is CO[C@@H]1C[C@H](C[C@@H](C)[C@@H]2CC(=O)[C@H](C)/C=C(\C)[C@@H](O)[C@@H](OC)C(=O)[C@H](C)C[C@H](C)/C=C/C=C/C=C(\C)[C@@H](C)C[C@@H]3CC[C@@H](C)[C@@](O)(O3)C(=O)C(=O)N3CCCC[C@H]3C(=O)O2)CC[C@@H]1OCCO. The molecule has 0 aromatic rings. The van der Waals surface area contributed by atoms with Gasteiger partial charge in [0.2, 0.25) is 5.79 Å². The third-order valence-electron chi connectivity index (χ3n) is 15.0. The molecular weight excluding hydrogens is 859 g/mol. The summed E-state index contributed by atoms with van der Waals surface area (Å²) in [5, 5.41) is 32.7. The number of rotatable bonds is 8. The van der Waals surface area contributed by atoms with Crippen molar-refractivity contribution in [2.75, 3.05) is 34.0 Å². The molecule has 0 aromatic carbocycles. The van der Waals surface area contributed by atoms with Crippen LogP contribution in [0.25, 0.3) is 0 Å². The van der Waals surface area contributed by atoms with Crippen LogP contribution >= 0.6 is 0 Å². The van der Waals surface area contributed by atoms with Gasteiger partial charge < -0.3 is 43.9 Å². The molecule has 2 saturated heterocycles. The van der Waals surface area contributed by atoms with Crippen molar-refractivity contribution in [2.45, 2.75) is 181 Å². The Labute approximate surface area is 399 Å². The summed E-state index contributed by atoms with van der Waals surface area (Å²) in [5.41, 5.74) is 1.46. The first-order valence-corrected chi connectivity index (χ1v) is 24.9. The Morgan fingerprint density at radius 2 is 1.58 bits per heavy atom. The number of piperidine rings is 1. The van der Waals surface area contributed by atoms with Gasteiger partial charge in [0.1, 0.15) is 30.1 Å². The van der Waals surface area contributed by atoms with Crippen molar-refractivity contribution in [3.63, 3.8) is 0 Å². The second kappa shape index (κ2) is 26.6. The predicted octanol–water partition coefficient (Wildman–Crippen LogP) is 6.82. The van der Waals surface area contributed by atoms with E-state index in [4.69, 9.17) is 23.7 Å². The molecule has 0 radical (unpaired) electrons. The second-order valence-corrected chi connectivity index (χ2v) is 20.3. The maximum Gasteiger partial charge on any atom is 0.329 e. The first-order valence-electron chi connectivity index (χ1n) is 24.9. The van der Waals surface area contributed by atoms with Crippen molar-refractivity contribution in [1.29, 1.82) is 0 Å². The number of amides is 1. The molecule has 15 atom stereocenters. The Kier molecular flexibility index (Phi) is 22.3. The predicted molar refractivity (Wildman–Crippen MR) is 254 cm³/mol. The van der Waals surface area contributed by atoms with Gasteiger partial charge in [-0.05, 0) is 114 Å². The topological polar surface area (TPSA) is 195 Å². The largest absolute Gasteiger partial charge is 0.460 e. The molecule has 4 rings (SSSR count). The lowest BCUT2D eigenvalue weighted by molar-refractivity contribution is -0.264. The molecule has 378 valence electrons. The van der Waals surface area contributed by atoms with Gasteiger partial charge in [-0.25, -0.2) is 4.79 Å². The highest BCUT2D eigenvalue weighted by Crippen LogP contribution is 2.38. The molecule has 67 heavy (non-hydrogen) atoms. The summed E-state index contributed by atoms with van der Waals surface area (Å²) >= 11 is 0. The quantitative estimate of drug-likeness (QED) is 0.131. The fourth-order valence-corrected chi connectivity index (χ4v) is 10.4. The monoisotopic (exact) mass is 942 g/mol. The van der Waals surface area contributed by atoms with Crippen molar-refractivity contribution < 1.29 is 63.0 Å². The van der Waals surface area contributed by atoms with E-state index in [1.54, 1.807) is 34.0 Å². The smallest absolute Gasteiger partial charge is 0.329 e. The lowest BCUT2D eigenvalue weighted by Crippen LogP contribution is -2.60. The molecule has 1 amide bonds. The normalized spacial score (nSPS) is 39.6. The van der Waals surface area contributed by atoms with Crippen LogP contribution in [0.4, 0.5) is 0 Å². The van der Waals surface area contributed by atoms with Crippen LogP contribution < -0.4 is 0 Å². The number of allylic oxidation sites excluding steroid dienone is 7. The fourth-order valence-electron chi connectivity index (χ4n) is 10.4. The summed E-state index contributed by atoms with van der Waals surface area (Å²) in [7, 11) is 3.02. The Morgan fingerprint density at radius 3 is 2.27 bits per heavy atom. The molecule has 4 aliphatic rings. The van der Waals surface area contributed by atoms with E-state index in [2.05, 4.69) is 6.92 Å². The van der Waals surface area contributed by atoms with E-state index < -0.39 is 71.7 Å². The number of cyclic esters (lactones) is 1. The number of aliphatic hydroxyl groups excluding tert-OH is 2. The van der Waals surface area contributed by atoms with Crippen molar-refractivity contribution >= 4 is 29.2 Å². The van der Waals surface area contributed by atoms with E-state index in [1.807, 2.05) is 58.1 Å². The highest BCUT2D eigenvalue weighted by atomic mass is 16.6. The molecule has 3 aliphatic heterocycles. The molecule has 0 unspecified atom stereocenters. The Balaban J connectivity index is 1.68. The molecule has 1 aliphatic carbocycles. The minimum absolute atomic E-state index is 0.0280. The minimum Gasteiger partial charge on any atom is -0.460 e. The standard InChI is InChI=1S/C53H83NO13/c1-32-16-12-11-13-17-33(2)34(3)29-41-21-19-39(8)53(62,67-41)50(59)51(60)54-23-15-14-18-42(54)52(61)66-45(36(5)28-40-20-22-44(65-25-24-55)46(30-40)63-9)31-43(56)35(4)27-38(7)48(58)49(64-10)47(57)37(6)26-32/h11-13,16-17,27,32,34-37,39-42,44-46,48-49,55,58,62H,14-15,18-26,28-31H2,1-10H3/b13-11+,16-12+,33-17+,38-27+/t32-,34+,35-,36-,37-,39-,40+,41+,42+,44+,45+,46-,48-,49+,53-/m1/s1. The number of ether oxygens (including phenoxy) is 5. The van der Waals surface area contributed by atoms with Gasteiger partial charge in [-0.3, -0.25) is 19.2 Å². The second-order valence-electron chi connectivity index (χ2n) is 20.3. The van der Waals surface area contributed by atoms with E-state index in [0.717, 1.165) is 12.0 Å². The molecule has 14 nitrogen and oxygen atoms in total. The van der Waals surface area contributed by atoms with Crippen LogP contribution in [0.1, 0.15) is 132 Å². The third kappa shape index (κ3) is 15.3. The van der Waals surface area contributed by atoms with Gasteiger partial charge in [0.15, 0.2) is 5.78 Å². The number of carbonyl (C=O) groups is 5. The van der Waals surface area contributed by atoms with Crippen LogP contribution in [0.3, 0.4) is 0 Å². The van der Waals surface area contributed by atoms with Gasteiger partial charge >= 0.3 is 5.97 Å². The number of fused-ring (bicyclic) bond motifs is 3. The number of hydrogen-bond donors (Lipinski definition) is 3. The van der Waals surface area contributed by atoms with Crippen molar-refractivity contribution in [3.05, 3.63) is 47.6 Å². The zero-order valence-corrected chi connectivity index (χ0v) is 42.0. The summed E-state index contributed by atoms with van der Waals surface area (Å²) in [4.78, 5) is 72.0. The van der Waals surface area contributed by atoms with Crippen LogP contribution in [-0.2, 0) is 47.7 Å². The molecular formula is C53H83NO13. The van der Waals surface area contributed by atoms with Crippen LogP contribution in [-0.4, -0.2) is 132 Å². The number of methoxy groups -OCH3 is 2. The third-order valence-corrected chi connectivity index (χ3v) is 15.0. The van der Waals surface area contributed by atoms with Crippen LogP contribution in [0.2, 0.25) is 0 Å². The van der Waals surface area contributed by atoms with Crippen LogP contribution in [0.15, 0.2) is 47.6 Å². The highest BCUT2D eigenvalue weighted by Gasteiger charge is 2.53. The van der Waals surface area contributed by atoms with E-state index >= 15 is 0 Å². The molecule has 0 spiro atoms. The first-order chi connectivity index (χ1) is 31.7. The molecule has 2 bridgehead atoms. The Hall–Kier alpha value is -3.37. The van der Waals surface area contributed by atoms with E-state index in [0.29, 0.717) is 63.4 Å². The average Bonchev–Trinajstić information content (AvgIpc) is 3.30.